The molecule has 0 spiro atoms. The van der Waals surface area contributed by atoms with E-state index in [1.54, 1.807) is 18.9 Å². The largest absolute Gasteiger partial charge is 0.478 e. The van der Waals surface area contributed by atoms with E-state index in [0.717, 1.165) is 0 Å². The first-order valence-corrected chi connectivity index (χ1v) is 6.76. The number of urea groups is 1. The fourth-order valence-electron chi connectivity index (χ4n) is 2.09. The maximum atomic E-state index is 12.1. The van der Waals surface area contributed by atoms with Gasteiger partial charge in [-0.2, -0.15) is 0 Å². The molecule has 1 aromatic heterocycles. The van der Waals surface area contributed by atoms with Gasteiger partial charge in [0.15, 0.2) is 0 Å². The lowest BCUT2D eigenvalue weighted by Gasteiger charge is -2.27. The SMILES string of the molecule is CCN(C(=O)NCc1cc(C(=O)O)c(C)o1)C(C)COC. The van der Waals surface area contributed by atoms with Crippen LogP contribution in [0.1, 0.15) is 35.7 Å². The number of carboxylic acids is 1. The number of ether oxygens (including phenoxy) is 1. The molecule has 0 aliphatic carbocycles. The van der Waals surface area contributed by atoms with Crippen molar-refractivity contribution in [3.63, 3.8) is 0 Å². The number of amides is 2. The number of rotatable bonds is 7. The second kappa shape index (κ2) is 7.68. The number of nitrogens with zero attached hydrogens (tertiary/aromatic N) is 1. The monoisotopic (exact) mass is 298 g/mol. The molecule has 2 amide bonds. The minimum Gasteiger partial charge on any atom is -0.478 e. The number of carbonyl (C=O) groups is 2. The van der Waals surface area contributed by atoms with Gasteiger partial charge in [0, 0.05) is 13.7 Å². The van der Waals surface area contributed by atoms with Crippen LogP contribution in [0.4, 0.5) is 4.79 Å². The standard InChI is InChI=1S/C14H22N2O5/c1-5-16(9(2)8-20-4)14(19)15-7-11-6-12(13(17)18)10(3)21-11/h6,9H,5,7-8H2,1-4H3,(H,15,19)(H,17,18). The molecule has 21 heavy (non-hydrogen) atoms. The van der Waals surface area contributed by atoms with Gasteiger partial charge in [-0.1, -0.05) is 0 Å². The van der Waals surface area contributed by atoms with Crippen molar-refractivity contribution >= 4 is 12.0 Å². The van der Waals surface area contributed by atoms with Gasteiger partial charge in [0.05, 0.1) is 19.2 Å². The van der Waals surface area contributed by atoms with Gasteiger partial charge < -0.3 is 24.5 Å². The van der Waals surface area contributed by atoms with Crippen molar-refractivity contribution in [2.24, 2.45) is 0 Å². The zero-order valence-electron chi connectivity index (χ0n) is 12.8. The molecule has 2 N–H and O–H groups in total. The van der Waals surface area contributed by atoms with E-state index in [9.17, 15) is 9.59 Å². The van der Waals surface area contributed by atoms with E-state index < -0.39 is 5.97 Å². The molecule has 0 radical (unpaired) electrons. The number of methoxy groups -OCH3 is 1. The Morgan fingerprint density at radius 2 is 2.19 bits per heavy atom. The molecule has 0 saturated carbocycles. The molecular formula is C14H22N2O5. The van der Waals surface area contributed by atoms with Crippen molar-refractivity contribution < 1.29 is 23.8 Å². The lowest BCUT2D eigenvalue weighted by atomic mass is 10.2. The molecule has 0 saturated heterocycles. The molecular weight excluding hydrogens is 276 g/mol. The number of carbonyl (C=O) groups excluding carboxylic acids is 1. The highest BCUT2D eigenvalue weighted by molar-refractivity contribution is 5.88. The van der Waals surface area contributed by atoms with Gasteiger partial charge in [-0.15, -0.1) is 0 Å². The van der Waals surface area contributed by atoms with E-state index in [1.807, 2.05) is 13.8 Å². The number of likely N-dealkylation sites (N-methyl/N-ethyl adjacent to an activating group) is 1. The molecule has 1 unspecified atom stereocenters. The summed E-state index contributed by atoms with van der Waals surface area (Å²) in [6.07, 6.45) is 0. The van der Waals surface area contributed by atoms with Gasteiger partial charge in [-0.25, -0.2) is 9.59 Å². The summed E-state index contributed by atoms with van der Waals surface area (Å²) < 4.78 is 10.3. The van der Waals surface area contributed by atoms with Crippen molar-refractivity contribution in [2.45, 2.75) is 33.4 Å². The zero-order chi connectivity index (χ0) is 16.0. The number of hydrogen-bond donors (Lipinski definition) is 2. The number of aryl methyl sites for hydroxylation is 1. The van der Waals surface area contributed by atoms with E-state index in [1.165, 1.54) is 6.07 Å². The first-order valence-electron chi connectivity index (χ1n) is 6.76. The maximum absolute atomic E-state index is 12.1. The molecule has 1 atom stereocenters. The molecule has 0 aliphatic heterocycles. The average molecular weight is 298 g/mol. The third-order valence-electron chi connectivity index (χ3n) is 3.15. The van der Waals surface area contributed by atoms with Gasteiger partial charge in [0.2, 0.25) is 0 Å². The summed E-state index contributed by atoms with van der Waals surface area (Å²) >= 11 is 0. The highest BCUT2D eigenvalue weighted by Gasteiger charge is 2.19. The van der Waals surface area contributed by atoms with Crippen molar-refractivity contribution in [3.8, 4) is 0 Å². The molecule has 1 heterocycles. The lowest BCUT2D eigenvalue weighted by molar-refractivity contribution is 0.0695. The summed E-state index contributed by atoms with van der Waals surface area (Å²) in [5, 5.41) is 11.7. The Kier molecular flexibility index (Phi) is 6.23. The lowest BCUT2D eigenvalue weighted by Crippen LogP contribution is -2.46. The Labute approximate surface area is 123 Å². The molecule has 7 heteroatoms. The second-order valence-electron chi connectivity index (χ2n) is 4.74. The summed E-state index contributed by atoms with van der Waals surface area (Å²) in [5.74, 6) is -0.307. The molecule has 1 rings (SSSR count). The van der Waals surface area contributed by atoms with Crippen LogP contribution in [0.15, 0.2) is 10.5 Å². The minimum absolute atomic E-state index is 0.0482. The number of nitrogens with one attached hydrogen (secondary N) is 1. The summed E-state index contributed by atoms with van der Waals surface area (Å²) in [7, 11) is 1.58. The summed E-state index contributed by atoms with van der Waals surface area (Å²) in [5.41, 5.74) is 0.111. The molecule has 0 aliphatic rings. The first kappa shape index (κ1) is 17.0. The minimum atomic E-state index is -1.04. The van der Waals surface area contributed by atoms with Gasteiger partial charge >= 0.3 is 12.0 Å². The summed E-state index contributed by atoms with van der Waals surface area (Å²) in [6.45, 7) is 6.49. The van der Waals surface area contributed by atoms with Gasteiger partial charge in [-0.05, 0) is 26.8 Å². The van der Waals surface area contributed by atoms with E-state index in [0.29, 0.717) is 24.7 Å². The Balaban J connectivity index is 2.63. The third-order valence-corrected chi connectivity index (χ3v) is 3.15. The smallest absolute Gasteiger partial charge is 0.339 e. The molecule has 118 valence electrons. The van der Waals surface area contributed by atoms with Gasteiger partial charge in [-0.3, -0.25) is 0 Å². The molecule has 0 fully saturated rings. The normalized spacial score (nSPS) is 12.0. The van der Waals surface area contributed by atoms with Crippen LogP contribution in [-0.2, 0) is 11.3 Å². The predicted octanol–water partition coefficient (Wildman–Crippen LogP) is 1.85. The van der Waals surface area contributed by atoms with Crippen LogP contribution in [-0.4, -0.2) is 48.3 Å². The van der Waals surface area contributed by atoms with Crippen molar-refractivity contribution in [2.75, 3.05) is 20.3 Å². The van der Waals surface area contributed by atoms with Gasteiger partial charge in [0.25, 0.3) is 0 Å². The molecule has 1 aromatic rings. The van der Waals surface area contributed by atoms with Crippen LogP contribution in [0, 0.1) is 6.92 Å². The van der Waals surface area contributed by atoms with Crippen LogP contribution in [0.5, 0.6) is 0 Å². The van der Waals surface area contributed by atoms with Gasteiger partial charge in [0.1, 0.15) is 17.1 Å². The molecule has 0 aromatic carbocycles. The predicted molar refractivity (Wildman–Crippen MR) is 76.4 cm³/mol. The van der Waals surface area contributed by atoms with Crippen LogP contribution in [0.2, 0.25) is 0 Å². The number of hydrogen-bond acceptors (Lipinski definition) is 4. The quantitative estimate of drug-likeness (QED) is 0.801. The maximum Gasteiger partial charge on any atom is 0.339 e. The van der Waals surface area contributed by atoms with Crippen LogP contribution in [0.3, 0.4) is 0 Å². The fourth-order valence-corrected chi connectivity index (χ4v) is 2.09. The van der Waals surface area contributed by atoms with E-state index in [2.05, 4.69) is 5.32 Å². The van der Waals surface area contributed by atoms with E-state index in [-0.39, 0.29) is 24.2 Å². The van der Waals surface area contributed by atoms with Crippen molar-refractivity contribution in [3.05, 3.63) is 23.2 Å². The molecule has 0 bridgehead atoms. The highest BCUT2D eigenvalue weighted by Crippen LogP contribution is 2.14. The Morgan fingerprint density at radius 1 is 1.52 bits per heavy atom. The number of aromatic carboxylic acids is 1. The zero-order valence-corrected chi connectivity index (χ0v) is 12.8. The Morgan fingerprint density at radius 3 is 2.67 bits per heavy atom. The topological polar surface area (TPSA) is 92.0 Å². The molecule has 7 nitrogen and oxygen atoms in total. The summed E-state index contributed by atoms with van der Waals surface area (Å²) in [4.78, 5) is 24.6. The van der Waals surface area contributed by atoms with Crippen molar-refractivity contribution in [1.82, 2.24) is 10.2 Å². The third kappa shape index (κ3) is 4.49. The first-order chi connectivity index (χ1) is 9.90. The second-order valence-corrected chi connectivity index (χ2v) is 4.74. The Hall–Kier alpha value is -2.02. The van der Waals surface area contributed by atoms with E-state index in [4.69, 9.17) is 14.3 Å². The van der Waals surface area contributed by atoms with Crippen molar-refractivity contribution in [1.29, 1.82) is 0 Å². The van der Waals surface area contributed by atoms with E-state index >= 15 is 0 Å². The number of carboxylic acid groups (broad SMARTS) is 1. The Bertz CT molecular complexity index is 498. The fraction of sp³-hybridized carbons (Fsp3) is 0.571. The van der Waals surface area contributed by atoms with Crippen LogP contribution >= 0.6 is 0 Å². The van der Waals surface area contributed by atoms with Crippen LogP contribution in [0.25, 0.3) is 0 Å². The van der Waals surface area contributed by atoms with Crippen LogP contribution < -0.4 is 5.32 Å². The highest BCUT2D eigenvalue weighted by atomic mass is 16.5. The average Bonchev–Trinajstić information content (AvgIpc) is 2.79. The summed E-state index contributed by atoms with van der Waals surface area (Å²) in [6, 6.07) is 1.13. The number of furan rings is 1.